The van der Waals surface area contributed by atoms with Gasteiger partial charge in [0.15, 0.2) is 5.65 Å². The molecule has 0 spiro atoms. The molecule has 0 atom stereocenters. The van der Waals surface area contributed by atoms with E-state index in [9.17, 15) is 9.90 Å². The van der Waals surface area contributed by atoms with Gasteiger partial charge in [-0.3, -0.25) is 4.79 Å². The predicted octanol–water partition coefficient (Wildman–Crippen LogP) is 2.93. The number of phenolic OH excluding ortho intramolecular Hbond substituents is 1. The summed E-state index contributed by atoms with van der Waals surface area (Å²) >= 11 is 1.60. The molecule has 0 fully saturated rings. The minimum Gasteiger partial charge on any atom is -0.507 e. The molecule has 4 aromatic rings. The highest BCUT2D eigenvalue weighted by atomic mass is 32.1. The fourth-order valence-electron chi connectivity index (χ4n) is 3.24. The molecule has 1 amide bonds. The second-order valence-corrected chi connectivity index (χ2v) is 8.09. The van der Waals surface area contributed by atoms with Crippen molar-refractivity contribution in [1.29, 1.82) is 0 Å². The lowest BCUT2D eigenvalue weighted by atomic mass is 10.0. The fraction of sp³-hybridized carbons (Fsp3) is 0.174. The van der Waals surface area contributed by atoms with Crippen molar-refractivity contribution in [2.45, 2.75) is 6.42 Å². The average molecular weight is 443 g/mol. The van der Waals surface area contributed by atoms with Crippen molar-refractivity contribution in [2.75, 3.05) is 25.5 Å². The van der Waals surface area contributed by atoms with Gasteiger partial charge in [0, 0.05) is 44.0 Å². The lowest BCUT2D eigenvalue weighted by Gasteiger charge is -2.16. The molecule has 32 heavy (non-hydrogen) atoms. The van der Waals surface area contributed by atoms with Crippen molar-refractivity contribution in [3.63, 3.8) is 0 Å². The second-order valence-electron chi connectivity index (χ2n) is 7.31. The number of aromatic hydroxyl groups is 1. The van der Waals surface area contributed by atoms with Gasteiger partial charge in [-0.1, -0.05) is 12.1 Å². The Bertz CT molecular complexity index is 1250. The van der Waals surface area contributed by atoms with Crippen LogP contribution in [0.1, 0.15) is 12.0 Å². The van der Waals surface area contributed by atoms with Crippen LogP contribution in [0.15, 0.2) is 59.4 Å². The Morgan fingerprint density at radius 2 is 2.19 bits per heavy atom. The molecular formula is C23H22BN5O2S. The molecule has 160 valence electrons. The standard InChI is InChI=1S/C23H22BN5O2S/c1-28(22(31)8-7-16-9-12-32-15-16)11-4-10-25-21-13-19(17-5-2-3-6-20(17)30)27-23-18(24)14-26-29(21)23/h2-3,5-9,12-15,25,30H,4,10-11H2,1H3/b8-7+. The number of anilines is 1. The van der Waals surface area contributed by atoms with E-state index in [0.29, 0.717) is 41.3 Å². The van der Waals surface area contributed by atoms with Crippen LogP contribution >= 0.6 is 11.3 Å². The van der Waals surface area contributed by atoms with E-state index in [4.69, 9.17) is 7.85 Å². The van der Waals surface area contributed by atoms with E-state index in [1.807, 2.05) is 35.0 Å². The van der Waals surface area contributed by atoms with Crippen LogP contribution in [-0.4, -0.2) is 58.5 Å². The number of para-hydroxylation sites is 1. The maximum atomic E-state index is 12.3. The molecule has 9 heteroatoms. The summed E-state index contributed by atoms with van der Waals surface area (Å²) < 4.78 is 1.64. The highest BCUT2D eigenvalue weighted by Crippen LogP contribution is 2.29. The summed E-state index contributed by atoms with van der Waals surface area (Å²) in [6.07, 6.45) is 5.70. The van der Waals surface area contributed by atoms with E-state index in [1.165, 1.54) is 0 Å². The van der Waals surface area contributed by atoms with Gasteiger partial charge in [0.05, 0.1) is 5.69 Å². The van der Waals surface area contributed by atoms with Gasteiger partial charge >= 0.3 is 0 Å². The molecule has 2 N–H and O–H groups in total. The Labute approximate surface area is 191 Å². The number of hydrogen-bond acceptors (Lipinski definition) is 6. The summed E-state index contributed by atoms with van der Waals surface area (Å²) in [6.45, 7) is 1.21. The zero-order valence-corrected chi connectivity index (χ0v) is 18.4. The van der Waals surface area contributed by atoms with Gasteiger partial charge in [0.1, 0.15) is 19.4 Å². The molecule has 0 unspecified atom stereocenters. The smallest absolute Gasteiger partial charge is 0.246 e. The van der Waals surface area contributed by atoms with Gasteiger partial charge < -0.3 is 15.3 Å². The molecule has 0 aliphatic heterocycles. The second kappa shape index (κ2) is 9.70. The molecule has 3 heterocycles. The summed E-state index contributed by atoms with van der Waals surface area (Å²) in [5.74, 6) is 0.810. The van der Waals surface area contributed by atoms with Crippen molar-refractivity contribution < 1.29 is 9.90 Å². The monoisotopic (exact) mass is 443 g/mol. The molecule has 3 aromatic heterocycles. The van der Waals surface area contributed by atoms with Crippen LogP contribution in [0.2, 0.25) is 0 Å². The first-order valence-electron chi connectivity index (χ1n) is 10.1. The lowest BCUT2D eigenvalue weighted by molar-refractivity contribution is -0.124. The lowest BCUT2D eigenvalue weighted by Crippen LogP contribution is -2.27. The third kappa shape index (κ3) is 4.83. The van der Waals surface area contributed by atoms with Crippen LogP contribution in [0.3, 0.4) is 0 Å². The van der Waals surface area contributed by atoms with Crippen LogP contribution in [0.4, 0.5) is 5.82 Å². The van der Waals surface area contributed by atoms with E-state index in [-0.39, 0.29) is 11.7 Å². The summed E-state index contributed by atoms with van der Waals surface area (Å²) in [5, 5.41) is 21.8. The minimum absolute atomic E-state index is 0.0378. The molecule has 0 saturated heterocycles. The van der Waals surface area contributed by atoms with E-state index in [0.717, 1.165) is 12.0 Å². The van der Waals surface area contributed by atoms with Crippen molar-refractivity contribution in [3.8, 4) is 17.0 Å². The Balaban J connectivity index is 1.42. The first-order chi connectivity index (χ1) is 15.5. The Morgan fingerprint density at radius 3 is 2.97 bits per heavy atom. The number of aromatic nitrogens is 3. The van der Waals surface area contributed by atoms with Gasteiger partial charge in [-0.25, -0.2) is 4.98 Å². The van der Waals surface area contributed by atoms with Crippen LogP contribution in [0.25, 0.3) is 23.0 Å². The van der Waals surface area contributed by atoms with E-state index in [1.54, 1.807) is 58.3 Å². The maximum absolute atomic E-state index is 12.3. The Hall–Kier alpha value is -3.59. The minimum atomic E-state index is -0.0378. The number of thiophene rings is 1. The SMILES string of the molecule is [B]c1cnn2c(NCCCN(C)C(=O)/C=C/c3ccsc3)cc(-c3ccccc3O)nc12. The van der Waals surface area contributed by atoms with Gasteiger partial charge in [-0.05, 0) is 52.5 Å². The maximum Gasteiger partial charge on any atom is 0.246 e. The first-order valence-corrected chi connectivity index (χ1v) is 11.1. The largest absolute Gasteiger partial charge is 0.507 e. The molecule has 1 aromatic carbocycles. The van der Waals surface area contributed by atoms with Gasteiger partial charge in [-0.15, -0.1) is 0 Å². The topological polar surface area (TPSA) is 82.8 Å². The summed E-state index contributed by atoms with van der Waals surface area (Å²) in [5.41, 5.74) is 3.20. The van der Waals surface area contributed by atoms with Crippen LogP contribution in [0, 0.1) is 0 Å². The zero-order valence-electron chi connectivity index (χ0n) is 17.6. The highest BCUT2D eigenvalue weighted by molar-refractivity contribution is 7.08. The van der Waals surface area contributed by atoms with Crippen LogP contribution in [-0.2, 0) is 4.79 Å². The van der Waals surface area contributed by atoms with Crippen LogP contribution in [0.5, 0.6) is 5.75 Å². The summed E-state index contributed by atoms with van der Waals surface area (Å²) in [7, 11) is 7.82. The predicted molar refractivity (Wildman–Crippen MR) is 130 cm³/mol. The molecule has 4 rings (SSSR count). The van der Waals surface area contributed by atoms with E-state index in [2.05, 4.69) is 15.4 Å². The van der Waals surface area contributed by atoms with E-state index >= 15 is 0 Å². The molecule has 0 aliphatic rings. The van der Waals surface area contributed by atoms with Gasteiger partial charge in [0.25, 0.3) is 0 Å². The Kier molecular flexibility index (Phi) is 6.56. The number of fused-ring (bicyclic) bond motifs is 1. The quantitative estimate of drug-likeness (QED) is 0.249. The zero-order chi connectivity index (χ0) is 22.5. The average Bonchev–Trinajstić information content (AvgIpc) is 3.45. The Morgan fingerprint density at radius 1 is 1.34 bits per heavy atom. The van der Waals surface area contributed by atoms with Crippen molar-refractivity contribution in [1.82, 2.24) is 19.5 Å². The molecule has 0 aliphatic carbocycles. The normalized spacial score (nSPS) is 11.3. The number of hydrogen-bond donors (Lipinski definition) is 2. The number of nitrogens with one attached hydrogen (secondary N) is 1. The van der Waals surface area contributed by atoms with Gasteiger partial charge in [0.2, 0.25) is 5.91 Å². The third-order valence-corrected chi connectivity index (χ3v) is 5.69. The number of carbonyl (C=O) groups excluding carboxylic acids is 1. The van der Waals surface area contributed by atoms with Gasteiger partial charge in [-0.2, -0.15) is 21.0 Å². The number of likely N-dealkylation sites (N-methyl/N-ethyl adjacent to an activating group) is 1. The summed E-state index contributed by atoms with van der Waals surface area (Å²) in [6, 6.07) is 10.8. The number of amides is 1. The molecule has 7 nitrogen and oxygen atoms in total. The molecule has 0 bridgehead atoms. The van der Waals surface area contributed by atoms with Crippen LogP contribution < -0.4 is 10.8 Å². The fourth-order valence-corrected chi connectivity index (χ4v) is 3.87. The van der Waals surface area contributed by atoms with Crippen molar-refractivity contribution in [3.05, 3.63) is 65.0 Å². The number of nitrogens with zero attached hydrogens (tertiary/aromatic N) is 4. The number of rotatable bonds is 8. The molecule has 0 saturated carbocycles. The molecular weight excluding hydrogens is 421 g/mol. The molecule has 2 radical (unpaired) electrons. The highest BCUT2D eigenvalue weighted by Gasteiger charge is 2.13. The third-order valence-electron chi connectivity index (χ3n) is 4.99. The van der Waals surface area contributed by atoms with Crippen molar-refractivity contribution >= 4 is 48.1 Å². The number of benzene rings is 1. The van der Waals surface area contributed by atoms with Crippen molar-refractivity contribution in [2.24, 2.45) is 0 Å². The first kappa shape index (κ1) is 21.6. The van der Waals surface area contributed by atoms with E-state index < -0.39 is 0 Å². The number of phenols is 1. The summed E-state index contributed by atoms with van der Waals surface area (Å²) in [4.78, 5) is 18.5. The number of carbonyl (C=O) groups is 1.